The number of rotatable bonds is 8. The van der Waals surface area contributed by atoms with Crippen molar-refractivity contribution in [2.45, 2.75) is 13.5 Å². The number of benzene rings is 3. The molecule has 0 fully saturated rings. The van der Waals surface area contributed by atoms with Gasteiger partial charge in [-0.05, 0) is 42.8 Å². The molecule has 0 spiro atoms. The Bertz CT molecular complexity index is 1480. The molecule has 0 aliphatic heterocycles. The first-order valence-corrected chi connectivity index (χ1v) is 12.3. The third-order valence-corrected chi connectivity index (χ3v) is 6.51. The van der Waals surface area contributed by atoms with Crippen molar-refractivity contribution in [2.24, 2.45) is 0 Å². The number of hydrogen-bond donors (Lipinski definition) is 1. The third kappa shape index (κ3) is 7.04. The highest BCUT2D eigenvalue weighted by Crippen LogP contribution is 2.35. The van der Waals surface area contributed by atoms with Crippen molar-refractivity contribution in [2.75, 3.05) is 18.5 Å². The van der Waals surface area contributed by atoms with E-state index in [1.54, 1.807) is 25.3 Å². The average molecular weight is 571 g/mol. The molecule has 4 rings (SSSR count). The molecule has 0 radical (unpaired) electrons. The Morgan fingerprint density at radius 3 is 2.53 bits per heavy atom. The lowest BCUT2D eigenvalue weighted by atomic mass is 10.1. The van der Waals surface area contributed by atoms with E-state index in [-0.39, 0.29) is 37.4 Å². The van der Waals surface area contributed by atoms with Gasteiger partial charge in [-0.3, -0.25) is 9.59 Å². The molecular formula is C29H26Cl3N3O3. The summed E-state index contributed by atoms with van der Waals surface area (Å²) in [5, 5.41) is 4.27. The molecule has 1 heterocycles. The second-order valence-electron chi connectivity index (χ2n) is 8.34. The Morgan fingerprint density at radius 1 is 1.00 bits per heavy atom. The smallest absolute Gasteiger partial charge is 0.246 e. The summed E-state index contributed by atoms with van der Waals surface area (Å²) in [7, 11) is 1.59. The van der Waals surface area contributed by atoms with Gasteiger partial charge in [-0.25, -0.2) is 4.98 Å². The Morgan fingerprint density at radius 2 is 1.76 bits per heavy atom. The Balaban J connectivity index is 0.00000400. The van der Waals surface area contributed by atoms with Crippen LogP contribution in [0, 0.1) is 6.92 Å². The van der Waals surface area contributed by atoms with E-state index in [0.717, 1.165) is 22.2 Å². The van der Waals surface area contributed by atoms with E-state index >= 15 is 0 Å². The van der Waals surface area contributed by atoms with Crippen molar-refractivity contribution in [3.8, 4) is 5.75 Å². The maximum atomic E-state index is 12.8. The summed E-state index contributed by atoms with van der Waals surface area (Å²) in [5.41, 5.74) is 3.51. The van der Waals surface area contributed by atoms with Crippen LogP contribution in [0.1, 0.15) is 16.8 Å². The summed E-state index contributed by atoms with van der Waals surface area (Å²) in [5.74, 6) is -0.110. The zero-order chi connectivity index (χ0) is 26.4. The molecule has 1 N–H and O–H groups in total. The molecular weight excluding hydrogens is 545 g/mol. The fourth-order valence-electron chi connectivity index (χ4n) is 3.67. The summed E-state index contributed by atoms with van der Waals surface area (Å²) < 4.78 is 6.06. The van der Waals surface area contributed by atoms with Gasteiger partial charge in [-0.15, -0.1) is 12.4 Å². The number of hydrogen-bond acceptors (Lipinski definition) is 4. The maximum absolute atomic E-state index is 12.8. The van der Waals surface area contributed by atoms with Crippen LogP contribution in [0.4, 0.5) is 5.69 Å². The van der Waals surface area contributed by atoms with Crippen LogP contribution in [0.5, 0.6) is 5.75 Å². The molecule has 9 heteroatoms. The number of carbonyl (C=O) groups excluding carboxylic acids is 2. The number of fused-ring (bicyclic) bond motifs is 1. The lowest BCUT2D eigenvalue weighted by Gasteiger charge is -2.21. The second-order valence-corrected chi connectivity index (χ2v) is 9.13. The highest BCUT2D eigenvalue weighted by molar-refractivity contribution is 6.38. The van der Waals surface area contributed by atoms with Crippen LogP contribution >= 0.6 is 35.6 Å². The minimum Gasteiger partial charge on any atom is -0.487 e. The highest BCUT2D eigenvalue weighted by Gasteiger charge is 2.19. The van der Waals surface area contributed by atoms with E-state index in [2.05, 4.69) is 10.3 Å². The number of anilines is 1. The van der Waals surface area contributed by atoms with Crippen molar-refractivity contribution in [3.05, 3.63) is 106 Å². The van der Waals surface area contributed by atoms with Gasteiger partial charge in [0.2, 0.25) is 11.8 Å². The number of ether oxygens (including phenoxy) is 1. The number of pyridine rings is 1. The molecule has 0 atom stereocenters. The topological polar surface area (TPSA) is 71.5 Å². The molecule has 3 aromatic carbocycles. The highest BCUT2D eigenvalue weighted by atomic mass is 35.5. The quantitative estimate of drug-likeness (QED) is 0.241. The second kappa shape index (κ2) is 13.3. The molecule has 0 saturated heterocycles. The molecule has 4 aromatic rings. The summed E-state index contributed by atoms with van der Waals surface area (Å²) in [6, 6.07) is 22.4. The van der Waals surface area contributed by atoms with Gasteiger partial charge in [0.05, 0.1) is 17.3 Å². The van der Waals surface area contributed by atoms with Crippen LogP contribution in [0.3, 0.4) is 0 Å². The number of aryl methyl sites for hydroxylation is 1. The van der Waals surface area contributed by atoms with Crippen molar-refractivity contribution >= 4 is 70.1 Å². The molecule has 0 aliphatic carbocycles. The molecule has 6 nitrogen and oxygen atoms in total. The van der Waals surface area contributed by atoms with E-state index in [9.17, 15) is 9.59 Å². The van der Waals surface area contributed by atoms with Crippen LogP contribution in [0.2, 0.25) is 10.0 Å². The van der Waals surface area contributed by atoms with E-state index in [1.807, 2.05) is 67.6 Å². The Kier molecular flexibility index (Phi) is 10.1. The van der Waals surface area contributed by atoms with Gasteiger partial charge in [0.1, 0.15) is 17.9 Å². The normalized spacial score (nSPS) is 10.7. The van der Waals surface area contributed by atoms with E-state index in [0.29, 0.717) is 27.0 Å². The number of nitrogens with one attached hydrogen (secondary N) is 1. The lowest BCUT2D eigenvalue weighted by molar-refractivity contribution is -0.122. The van der Waals surface area contributed by atoms with Gasteiger partial charge in [0, 0.05) is 34.8 Å². The van der Waals surface area contributed by atoms with Gasteiger partial charge in [-0.2, -0.15) is 0 Å². The SMILES string of the molecule is Cc1ccc2cccc(OCc3c(Cl)ccc(N(C)C(=O)CNC(=O)/C=C/c4ccccc4)c3Cl)c2n1.Cl. The first-order valence-electron chi connectivity index (χ1n) is 11.6. The van der Waals surface area contributed by atoms with Crippen LogP contribution in [0.25, 0.3) is 17.0 Å². The van der Waals surface area contributed by atoms with Gasteiger partial charge in [0.25, 0.3) is 0 Å². The number of nitrogens with zero attached hydrogens (tertiary/aromatic N) is 2. The van der Waals surface area contributed by atoms with Crippen molar-refractivity contribution in [1.29, 1.82) is 0 Å². The minimum absolute atomic E-state index is 0. The molecule has 0 bridgehead atoms. The first kappa shape index (κ1) is 29.0. The fourth-order valence-corrected chi connectivity index (χ4v) is 4.28. The summed E-state index contributed by atoms with van der Waals surface area (Å²) >= 11 is 13.1. The zero-order valence-electron chi connectivity index (χ0n) is 20.8. The van der Waals surface area contributed by atoms with Gasteiger partial charge in [-0.1, -0.05) is 71.7 Å². The van der Waals surface area contributed by atoms with Crippen LogP contribution < -0.4 is 15.0 Å². The Hall–Kier alpha value is -3.58. The van der Waals surface area contributed by atoms with Crippen LogP contribution in [-0.2, 0) is 16.2 Å². The van der Waals surface area contributed by atoms with Gasteiger partial charge < -0.3 is 15.0 Å². The van der Waals surface area contributed by atoms with E-state index in [4.69, 9.17) is 27.9 Å². The predicted molar refractivity (Wildman–Crippen MR) is 156 cm³/mol. The molecule has 1 aromatic heterocycles. The molecule has 0 saturated carbocycles. The van der Waals surface area contributed by atoms with Crippen molar-refractivity contribution in [3.63, 3.8) is 0 Å². The number of halogens is 3. The largest absolute Gasteiger partial charge is 0.487 e. The average Bonchev–Trinajstić information content (AvgIpc) is 2.90. The maximum Gasteiger partial charge on any atom is 0.246 e. The lowest BCUT2D eigenvalue weighted by Crippen LogP contribution is -2.37. The summed E-state index contributed by atoms with van der Waals surface area (Å²) in [4.78, 5) is 30.9. The molecule has 196 valence electrons. The number of amides is 2. The van der Waals surface area contributed by atoms with Gasteiger partial charge >= 0.3 is 0 Å². The van der Waals surface area contributed by atoms with E-state index in [1.165, 1.54) is 11.0 Å². The molecule has 0 unspecified atom stereocenters. The van der Waals surface area contributed by atoms with Crippen molar-refractivity contribution in [1.82, 2.24) is 10.3 Å². The number of aromatic nitrogens is 1. The molecule has 38 heavy (non-hydrogen) atoms. The minimum atomic E-state index is -0.374. The number of likely N-dealkylation sites (N-methyl/N-ethyl adjacent to an activating group) is 1. The Labute approximate surface area is 237 Å². The predicted octanol–water partition coefficient (Wildman–Crippen LogP) is 6.64. The standard InChI is InChI=1S/C29H25Cl2N3O3.ClH/c1-19-11-13-21-9-6-10-25(29(21)33-19)37-18-22-23(30)14-15-24(28(22)31)34(2)27(36)17-32-26(35)16-12-20-7-4-3-5-8-20;/h3-16H,17-18H2,1-2H3,(H,32,35);1H/b16-12+;. The fraction of sp³-hybridized carbons (Fsp3) is 0.138. The first-order chi connectivity index (χ1) is 17.8. The summed E-state index contributed by atoms with van der Waals surface area (Å²) in [6.45, 7) is 1.81. The molecule has 0 aliphatic rings. The monoisotopic (exact) mass is 569 g/mol. The third-order valence-electron chi connectivity index (χ3n) is 5.74. The number of para-hydroxylation sites is 1. The zero-order valence-corrected chi connectivity index (χ0v) is 23.1. The van der Waals surface area contributed by atoms with Crippen molar-refractivity contribution < 1.29 is 14.3 Å². The molecule has 2 amide bonds. The van der Waals surface area contributed by atoms with Gasteiger partial charge in [0.15, 0.2) is 0 Å². The van der Waals surface area contributed by atoms with Crippen LogP contribution in [0.15, 0.2) is 78.9 Å². The number of carbonyl (C=O) groups is 2. The van der Waals surface area contributed by atoms with Crippen LogP contribution in [-0.4, -0.2) is 30.4 Å². The van der Waals surface area contributed by atoms with E-state index < -0.39 is 0 Å². The summed E-state index contributed by atoms with van der Waals surface area (Å²) in [6.07, 6.45) is 3.07.